The van der Waals surface area contributed by atoms with E-state index in [2.05, 4.69) is 84.6 Å². The zero-order valence-electron chi connectivity index (χ0n) is 19.4. The van der Waals surface area contributed by atoms with Crippen molar-refractivity contribution in [3.05, 3.63) is 60.3 Å². The number of rotatable bonds is 5. The molecule has 150 valence electrons. The molecule has 2 atom stereocenters. The van der Waals surface area contributed by atoms with Gasteiger partial charge in [-0.1, -0.05) is 97.6 Å². The van der Waals surface area contributed by atoms with Crippen molar-refractivity contribution in [1.29, 1.82) is 0 Å². The van der Waals surface area contributed by atoms with Crippen LogP contribution in [0.3, 0.4) is 0 Å². The maximum atomic E-state index is 3.95. The maximum absolute atomic E-state index is 3.95. The lowest BCUT2D eigenvalue weighted by Gasteiger charge is -2.49. The molecule has 0 N–H and O–H groups in total. The highest BCUT2D eigenvalue weighted by Gasteiger charge is 2.45. The van der Waals surface area contributed by atoms with E-state index in [1.165, 1.54) is 30.4 Å². The molecule has 0 bridgehead atoms. The van der Waals surface area contributed by atoms with Gasteiger partial charge in [-0.05, 0) is 62.5 Å². The van der Waals surface area contributed by atoms with Crippen molar-refractivity contribution in [1.82, 2.24) is 0 Å². The molecule has 0 heteroatoms. The summed E-state index contributed by atoms with van der Waals surface area (Å²) in [4.78, 5) is 0. The molecule has 0 aromatic heterocycles. The predicted molar refractivity (Wildman–Crippen MR) is 124 cm³/mol. The Balaban J connectivity index is 0. The normalized spacial score (nSPS) is 26.0. The fourth-order valence-corrected chi connectivity index (χ4v) is 4.57. The van der Waals surface area contributed by atoms with Crippen LogP contribution in [0.15, 0.2) is 60.3 Å². The Kier molecular flexibility index (Phi) is 14.3. The molecule has 1 aliphatic carbocycles. The van der Waals surface area contributed by atoms with Crippen molar-refractivity contribution in [3.8, 4) is 0 Å². The minimum absolute atomic E-state index is 0.100. The zero-order chi connectivity index (χ0) is 20.8. The summed E-state index contributed by atoms with van der Waals surface area (Å²) in [6.45, 7) is 25.6. The van der Waals surface area contributed by atoms with Crippen LogP contribution >= 0.6 is 0 Å². The Bertz CT molecular complexity index is 496. The Morgan fingerprint density at radius 2 is 1.38 bits per heavy atom. The van der Waals surface area contributed by atoms with Crippen LogP contribution in [-0.2, 0) is 0 Å². The van der Waals surface area contributed by atoms with Crippen LogP contribution in [-0.4, -0.2) is 0 Å². The molecule has 0 spiro atoms. The van der Waals surface area contributed by atoms with Gasteiger partial charge in [-0.3, -0.25) is 0 Å². The van der Waals surface area contributed by atoms with E-state index >= 15 is 0 Å². The summed E-state index contributed by atoms with van der Waals surface area (Å²) in [6, 6.07) is 0. The lowest BCUT2D eigenvalue weighted by molar-refractivity contribution is 0.103. The summed E-state index contributed by atoms with van der Waals surface area (Å²) < 4.78 is 0. The third-order valence-corrected chi connectivity index (χ3v) is 4.78. The van der Waals surface area contributed by atoms with E-state index in [4.69, 9.17) is 0 Å². The van der Waals surface area contributed by atoms with Gasteiger partial charge in [-0.25, -0.2) is 0 Å². The van der Waals surface area contributed by atoms with Crippen molar-refractivity contribution in [2.24, 2.45) is 16.7 Å². The first-order valence-corrected chi connectivity index (χ1v) is 10.6. The van der Waals surface area contributed by atoms with Crippen LogP contribution in [0.2, 0.25) is 0 Å². The second kappa shape index (κ2) is 13.8. The molecule has 1 fully saturated rings. The van der Waals surface area contributed by atoms with Crippen LogP contribution in [0.25, 0.3) is 0 Å². The van der Waals surface area contributed by atoms with E-state index in [1.54, 1.807) is 0 Å². The Labute approximate surface area is 165 Å². The second-order valence-corrected chi connectivity index (χ2v) is 7.54. The average Bonchev–Trinajstić information content (AvgIpc) is 2.61. The topological polar surface area (TPSA) is 0 Å². The molecular weight excluding hydrogens is 312 g/mol. The summed E-state index contributed by atoms with van der Waals surface area (Å²) in [5.41, 5.74) is 3.30. The number of allylic oxidation sites excluding steroid dienone is 9. The Hall–Kier alpha value is -1.30. The van der Waals surface area contributed by atoms with Crippen molar-refractivity contribution < 1.29 is 0 Å². The van der Waals surface area contributed by atoms with Gasteiger partial charge in [0.1, 0.15) is 0 Å². The number of hydrogen-bond acceptors (Lipinski definition) is 0. The maximum Gasteiger partial charge on any atom is 0.0207 e. The molecule has 0 aliphatic heterocycles. The van der Waals surface area contributed by atoms with E-state index < -0.39 is 0 Å². The Morgan fingerprint density at radius 1 is 0.885 bits per heavy atom. The number of hydrogen-bond donors (Lipinski definition) is 0. The quantitative estimate of drug-likeness (QED) is 0.430. The Morgan fingerprint density at radius 3 is 1.77 bits per heavy atom. The lowest BCUT2D eigenvalue weighted by atomic mass is 9.54. The zero-order valence-corrected chi connectivity index (χ0v) is 19.4. The average molecular weight is 359 g/mol. The molecule has 0 heterocycles. The summed E-state index contributed by atoms with van der Waals surface area (Å²) in [5.74, 6) is 0.724. The fraction of sp³-hybridized carbons (Fsp3) is 0.615. The van der Waals surface area contributed by atoms with E-state index in [1.807, 2.05) is 33.8 Å². The highest BCUT2D eigenvalue weighted by atomic mass is 14.5. The van der Waals surface area contributed by atoms with Crippen molar-refractivity contribution >= 4 is 0 Å². The highest BCUT2D eigenvalue weighted by molar-refractivity contribution is 5.44. The second-order valence-electron chi connectivity index (χ2n) is 7.54. The van der Waals surface area contributed by atoms with Gasteiger partial charge in [0.2, 0.25) is 0 Å². The highest BCUT2D eigenvalue weighted by Crippen LogP contribution is 2.56. The largest absolute Gasteiger partial charge is 0.0991 e. The van der Waals surface area contributed by atoms with Crippen LogP contribution in [0.4, 0.5) is 0 Å². The predicted octanol–water partition coefficient (Wildman–Crippen LogP) is 9.08. The molecule has 1 rings (SSSR count). The third-order valence-electron chi connectivity index (χ3n) is 4.78. The first-order valence-electron chi connectivity index (χ1n) is 10.6. The molecule has 1 aliphatic rings. The third kappa shape index (κ3) is 7.52. The van der Waals surface area contributed by atoms with Crippen LogP contribution in [0.5, 0.6) is 0 Å². The summed E-state index contributed by atoms with van der Waals surface area (Å²) in [7, 11) is 0. The monoisotopic (exact) mass is 358 g/mol. The van der Waals surface area contributed by atoms with E-state index in [9.17, 15) is 0 Å². The minimum atomic E-state index is 0.100. The van der Waals surface area contributed by atoms with Gasteiger partial charge in [0.15, 0.2) is 0 Å². The lowest BCUT2D eigenvalue weighted by Crippen LogP contribution is -2.39. The molecule has 2 unspecified atom stereocenters. The molecule has 0 aromatic rings. The van der Waals surface area contributed by atoms with E-state index in [0.29, 0.717) is 5.41 Å². The van der Waals surface area contributed by atoms with Gasteiger partial charge in [-0.15, -0.1) is 0 Å². The first kappa shape index (κ1) is 26.9. The van der Waals surface area contributed by atoms with Gasteiger partial charge in [0.25, 0.3) is 0 Å². The van der Waals surface area contributed by atoms with Crippen molar-refractivity contribution in [2.45, 2.75) is 88.5 Å². The van der Waals surface area contributed by atoms with Gasteiger partial charge in [0, 0.05) is 5.41 Å². The smallest absolute Gasteiger partial charge is 0.0207 e. The summed E-state index contributed by atoms with van der Waals surface area (Å²) >= 11 is 0. The molecule has 0 radical (unpaired) electrons. The van der Waals surface area contributed by atoms with Gasteiger partial charge < -0.3 is 0 Å². The van der Waals surface area contributed by atoms with Gasteiger partial charge in [-0.2, -0.15) is 0 Å². The minimum Gasteiger partial charge on any atom is -0.0991 e. The standard InChI is InChI=1S/C22H34.2C2H6/c1-8-12-19(11-4)22(20(13-9-2)14-10-3)16-18(5)15-21(6,7)17-22;2*1-2/h8-14,18H,2,15-17H2,1,3-7H3;2*1-2H3/b12-8-,14-10-,19-11+,20-13+;;. The first-order chi connectivity index (χ1) is 12.3. The summed E-state index contributed by atoms with van der Waals surface area (Å²) in [5, 5.41) is 0. The van der Waals surface area contributed by atoms with Crippen LogP contribution in [0.1, 0.15) is 88.5 Å². The molecule has 0 amide bonds. The van der Waals surface area contributed by atoms with E-state index in [-0.39, 0.29) is 5.41 Å². The molecule has 0 aromatic carbocycles. The SMILES string of the molecule is C=C/C=C(\C=C/C)C1(C(/C=C\C)=C/C)CC(C)CC(C)(C)C1.CC.CC. The van der Waals surface area contributed by atoms with Crippen LogP contribution in [0, 0.1) is 16.7 Å². The van der Waals surface area contributed by atoms with Crippen molar-refractivity contribution in [3.63, 3.8) is 0 Å². The van der Waals surface area contributed by atoms with E-state index in [0.717, 1.165) is 5.92 Å². The molecule has 0 nitrogen and oxygen atoms in total. The van der Waals surface area contributed by atoms with Gasteiger partial charge in [0.05, 0.1) is 0 Å². The molecule has 0 saturated heterocycles. The van der Waals surface area contributed by atoms with Crippen LogP contribution < -0.4 is 0 Å². The fourth-order valence-electron chi connectivity index (χ4n) is 4.57. The van der Waals surface area contributed by atoms with Crippen molar-refractivity contribution in [2.75, 3.05) is 0 Å². The van der Waals surface area contributed by atoms with Gasteiger partial charge >= 0.3 is 0 Å². The molecular formula is C26H46. The summed E-state index contributed by atoms with van der Waals surface area (Å²) in [6.07, 6.45) is 19.1. The molecule has 26 heavy (non-hydrogen) atoms. The molecule has 1 saturated carbocycles.